The minimum absolute atomic E-state index is 0.199. The third-order valence-corrected chi connectivity index (χ3v) is 8.09. The Balaban J connectivity index is 1.70. The van der Waals surface area contributed by atoms with Crippen LogP contribution in [0.15, 0.2) is 17.5 Å². The second kappa shape index (κ2) is 5.60. The molecule has 2 saturated heterocycles. The summed E-state index contributed by atoms with van der Waals surface area (Å²) >= 11 is 2.78. The van der Waals surface area contributed by atoms with Gasteiger partial charge in [-0.3, -0.25) is 14.2 Å². The maximum Gasteiger partial charge on any atom is 0.349 e. The summed E-state index contributed by atoms with van der Waals surface area (Å²) in [5.74, 6) is -1.84. The zero-order valence-corrected chi connectivity index (χ0v) is 15.0. The van der Waals surface area contributed by atoms with E-state index in [2.05, 4.69) is 5.32 Å². The van der Waals surface area contributed by atoms with Gasteiger partial charge in [0.25, 0.3) is 0 Å². The number of thiophene rings is 1. The van der Waals surface area contributed by atoms with Crippen molar-refractivity contribution in [1.82, 2.24) is 10.2 Å². The van der Waals surface area contributed by atoms with Crippen molar-refractivity contribution in [2.75, 3.05) is 0 Å². The average Bonchev–Trinajstić information content (AvgIpc) is 2.99. The number of carbonyl (C=O) groups excluding carboxylic acids is 2. The van der Waals surface area contributed by atoms with Crippen LogP contribution in [-0.2, 0) is 20.6 Å². The molecule has 2 aliphatic rings. The highest BCUT2D eigenvalue weighted by Gasteiger charge is 2.66. The fourth-order valence-electron chi connectivity index (χ4n) is 3.07. The van der Waals surface area contributed by atoms with E-state index in [1.165, 1.54) is 28.0 Å². The molecule has 10 heteroatoms. The molecule has 0 aliphatic carbocycles. The highest BCUT2D eigenvalue weighted by Crippen LogP contribution is 2.62. The van der Waals surface area contributed by atoms with E-state index < -0.39 is 35.4 Å². The lowest BCUT2D eigenvalue weighted by Crippen LogP contribution is -2.69. The number of carbonyl (C=O) groups is 2. The van der Waals surface area contributed by atoms with Crippen LogP contribution in [0.2, 0.25) is 0 Å². The molecule has 2 amide bonds. The van der Waals surface area contributed by atoms with Gasteiger partial charge in [0.15, 0.2) is 0 Å². The summed E-state index contributed by atoms with van der Waals surface area (Å²) in [6, 6.07) is 2.98. The van der Waals surface area contributed by atoms with E-state index in [4.69, 9.17) is 0 Å². The summed E-state index contributed by atoms with van der Waals surface area (Å²) in [5, 5.41) is 4.13. The molecule has 3 unspecified atom stereocenters. The molecule has 126 valence electrons. The predicted molar refractivity (Wildman–Crippen MR) is 88.1 cm³/mol. The van der Waals surface area contributed by atoms with Crippen LogP contribution >= 0.6 is 30.7 Å². The van der Waals surface area contributed by atoms with Gasteiger partial charge in [0.05, 0.1) is 6.42 Å². The molecule has 2 fully saturated rings. The minimum Gasteiger partial charge on any atom is -0.341 e. The smallest absolute Gasteiger partial charge is 0.341 e. The standard InChI is InChI=1S/C13H17N2O5PS2/c1-13(2)12(21(18,19)20)15-10(17)9(11(15)23-13)14-8(16)6-7-4-3-5-22-7/h3-5,9,11-12H,6H2,1-2H3,(H,14,16)(H2,18,19,20). The Hall–Kier alpha value is -0.860. The molecular formula is C13H17N2O5PS2. The molecule has 7 nitrogen and oxygen atoms in total. The van der Waals surface area contributed by atoms with E-state index in [0.29, 0.717) is 0 Å². The third-order valence-electron chi connectivity index (χ3n) is 3.94. The highest BCUT2D eigenvalue weighted by molar-refractivity contribution is 8.02. The van der Waals surface area contributed by atoms with Crippen molar-refractivity contribution in [2.24, 2.45) is 0 Å². The zero-order chi connectivity index (χ0) is 17.0. The first-order valence-corrected chi connectivity index (χ1v) is 10.4. The van der Waals surface area contributed by atoms with Crippen LogP contribution in [0, 0.1) is 0 Å². The molecular weight excluding hydrogens is 359 g/mol. The number of hydrogen-bond donors (Lipinski definition) is 3. The molecule has 1 aromatic heterocycles. The Morgan fingerprint density at radius 1 is 1.48 bits per heavy atom. The largest absolute Gasteiger partial charge is 0.349 e. The van der Waals surface area contributed by atoms with Gasteiger partial charge >= 0.3 is 7.60 Å². The van der Waals surface area contributed by atoms with E-state index in [-0.39, 0.29) is 12.3 Å². The Labute approximate surface area is 141 Å². The molecule has 23 heavy (non-hydrogen) atoms. The normalized spacial score (nSPS) is 29.1. The number of nitrogens with zero attached hydrogens (tertiary/aromatic N) is 1. The van der Waals surface area contributed by atoms with Crippen LogP contribution in [0.5, 0.6) is 0 Å². The molecule has 0 saturated carbocycles. The van der Waals surface area contributed by atoms with E-state index in [0.717, 1.165) is 4.88 Å². The molecule has 1 aromatic rings. The Kier molecular flexibility index (Phi) is 4.13. The summed E-state index contributed by atoms with van der Waals surface area (Å²) < 4.78 is 11.0. The number of nitrogens with one attached hydrogen (secondary N) is 1. The first-order chi connectivity index (χ1) is 10.6. The highest BCUT2D eigenvalue weighted by atomic mass is 32.2. The summed E-state index contributed by atoms with van der Waals surface area (Å²) in [6.07, 6.45) is 0.199. The topological polar surface area (TPSA) is 107 Å². The van der Waals surface area contributed by atoms with Gasteiger partial charge < -0.3 is 20.0 Å². The van der Waals surface area contributed by atoms with E-state index in [9.17, 15) is 23.9 Å². The fourth-order valence-corrected chi connectivity index (χ4v) is 7.37. The average molecular weight is 376 g/mol. The molecule has 2 aliphatic heterocycles. The van der Waals surface area contributed by atoms with Crippen LogP contribution in [0.4, 0.5) is 0 Å². The molecule has 0 radical (unpaired) electrons. The maximum atomic E-state index is 12.3. The number of fused-ring (bicyclic) bond motifs is 1. The van der Waals surface area contributed by atoms with Crippen molar-refractivity contribution in [3.63, 3.8) is 0 Å². The Morgan fingerprint density at radius 2 is 2.17 bits per heavy atom. The van der Waals surface area contributed by atoms with Crippen molar-refractivity contribution in [2.45, 2.75) is 42.2 Å². The fraction of sp³-hybridized carbons (Fsp3) is 0.538. The number of β-lactam (4-membered cyclic amide) rings is 1. The molecule has 3 rings (SSSR count). The van der Waals surface area contributed by atoms with E-state index >= 15 is 0 Å². The Morgan fingerprint density at radius 3 is 2.74 bits per heavy atom. The second-order valence-corrected chi connectivity index (χ2v) is 10.6. The van der Waals surface area contributed by atoms with Crippen molar-refractivity contribution in [3.05, 3.63) is 22.4 Å². The van der Waals surface area contributed by atoms with Crippen LogP contribution in [0.25, 0.3) is 0 Å². The number of amides is 2. The number of thioether (sulfide) groups is 1. The summed E-state index contributed by atoms with van der Waals surface area (Å²) in [5.41, 5.74) is 0. The van der Waals surface area contributed by atoms with Gasteiger partial charge in [0, 0.05) is 9.62 Å². The summed E-state index contributed by atoms with van der Waals surface area (Å²) in [4.78, 5) is 45.6. The maximum absolute atomic E-state index is 12.3. The van der Waals surface area contributed by atoms with Gasteiger partial charge in [-0.1, -0.05) is 6.07 Å². The van der Waals surface area contributed by atoms with Crippen molar-refractivity contribution in [3.8, 4) is 0 Å². The quantitative estimate of drug-likeness (QED) is 0.534. The SMILES string of the molecule is CC1(C)SC2C(NC(=O)Cc3cccs3)C(=O)N2C1P(=O)(O)O. The van der Waals surface area contributed by atoms with Gasteiger partial charge in [-0.05, 0) is 25.3 Å². The van der Waals surface area contributed by atoms with Crippen molar-refractivity contribution >= 4 is 42.5 Å². The van der Waals surface area contributed by atoms with Crippen LogP contribution in [0.1, 0.15) is 18.7 Å². The number of rotatable bonds is 4. The van der Waals surface area contributed by atoms with Crippen molar-refractivity contribution < 1.29 is 23.9 Å². The lowest BCUT2D eigenvalue weighted by molar-refractivity contribution is -0.149. The first-order valence-electron chi connectivity index (χ1n) is 6.98. The van der Waals surface area contributed by atoms with E-state index in [1.54, 1.807) is 13.8 Å². The molecule has 3 heterocycles. The van der Waals surface area contributed by atoms with Gasteiger partial charge in [-0.2, -0.15) is 0 Å². The monoisotopic (exact) mass is 376 g/mol. The van der Waals surface area contributed by atoms with E-state index in [1.807, 2.05) is 17.5 Å². The van der Waals surface area contributed by atoms with Gasteiger partial charge in [-0.15, -0.1) is 23.1 Å². The first kappa shape index (κ1) is 17.0. The van der Waals surface area contributed by atoms with Crippen LogP contribution < -0.4 is 5.32 Å². The summed E-state index contributed by atoms with van der Waals surface area (Å²) in [7, 11) is -4.45. The molecule has 0 spiro atoms. The van der Waals surface area contributed by atoms with Gasteiger partial charge in [0.1, 0.15) is 17.2 Å². The molecule has 0 bridgehead atoms. The summed E-state index contributed by atoms with van der Waals surface area (Å²) in [6.45, 7) is 3.41. The molecule has 0 aromatic carbocycles. The number of hydrogen-bond acceptors (Lipinski definition) is 5. The van der Waals surface area contributed by atoms with Crippen LogP contribution in [-0.4, -0.2) is 48.4 Å². The lowest BCUT2D eigenvalue weighted by atomic mass is 10.0. The third kappa shape index (κ3) is 2.96. The molecule has 3 N–H and O–H groups in total. The second-order valence-electron chi connectivity index (χ2n) is 6.12. The molecule has 3 atom stereocenters. The van der Waals surface area contributed by atoms with Crippen molar-refractivity contribution in [1.29, 1.82) is 0 Å². The Bertz CT molecular complexity index is 687. The van der Waals surface area contributed by atoms with Crippen LogP contribution in [0.3, 0.4) is 0 Å². The van der Waals surface area contributed by atoms with Gasteiger partial charge in [-0.25, -0.2) is 0 Å². The lowest BCUT2D eigenvalue weighted by Gasteiger charge is -2.44. The zero-order valence-electron chi connectivity index (χ0n) is 12.5. The minimum atomic E-state index is -4.45. The van der Waals surface area contributed by atoms with Gasteiger partial charge in [0.2, 0.25) is 11.8 Å². The predicted octanol–water partition coefficient (Wildman–Crippen LogP) is 0.973.